The summed E-state index contributed by atoms with van der Waals surface area (Å²) in [4.78, 5) is 4.62. The van der Waals surface area contributed by atoms with Crippen molar-refractivity contribution in [2.24, 2.45) is 11.8 Å². The summed E-state index contributed by atoms with van der Waals surface area (Å²) in [5.41, 5.74) is 9.76. The number of nitrogen functional groups attached to an aromatic ring is 1. The van der Waals surface area contributed by atoms with Gasteiger partial charge in [-0.3, -0.25) is 0 Å². The molecule has 1 heterocycles. The molecule has 0 amide bonds. The number of rotatable bonds is 2. The molecule has 0 bridgehead atoms. The first-order valence-electron chi connectivity index (χ1n) is 7.82. The second-order valence-electron chi connectivity index (χ2n) is 6.54. The Labute approximate surface area is 121 Å². The van der Waals surface area contributed by atoms with Crippen LogP contribution in [-0.2, 0) is 0 Å². The molecule has 2 aromatic rings. The quantitative estimate of drug-likeness (QED) is 0.884. The molecule has 1 aliphatic carbocycles. The summed E-state index contributed by atoms with van der Waals surface area (Å²) < 4.78 is 2.31. The molecule has 2 atom stereocenters. The average Bonchev–Trinajstić information content (AvgIpc) is 2.76. The van der Waals surface area contributed by atoms with Crippen molar-refractivity contribution >= 4 is 17.0 Å². The lowest BCUT2D eigenvalue weighted by atomic mass is 9.77. The highest BCUT2D eigenvalue weighted by molar-refractivity contribution is 5.81. The number of nitrogens with two attached hydrogens (primary N) is 1. The van der Waals surface area contributed by atoms with Crippen LogP contribution in [0.5, 0.6) is 0 Å². The van der Waals surface area contributed by atoms with E-state index in [9.17, 15) is 0 Å². The van der Waals surface area contributed by atoms with Gasteiger partial charge in [-0.15, -0.1) is 0 Å². The third kappa shape index (κ3) is 2.09. The van der Waals surface area contributed by atoms with E-state index < -0.39 is 0 Å². The number of nitrogens with zero attached hydrogens (tertiary/aromatic N) is 2. The predicted octanol–water partition coefficient (Wildman–Crippen LogP) is 4.31. The first-order valence-corrected chi connectivity index (χ1v) is 7.82. The van der Waals surface area contributed by atoms with Gasteiger partial charge < -0.3 is 10.3 Å². The maximum Gasteiger partial charge on any atom is 0.201 e. The molecule has 3 nitrogen and oxygen atoms in total. The molecular weight excluding hydrogens is 246 g/mol. The Bertz CT molecular complexity index is 612. The predicted molar refractivity (Wildman–Crippen MR) is 84.7 cm³/mol. The maximum atomic E-state index is 6.27. The second-order valence-corrected chi connectivity index (χ2v) is 6.54. The van der Waals surface area contributed by atoms with Crippen LogP contribution in [0.1, 0.15) is 51.1 Å². The smallest absolute Gasteiger partial charge is 0.201 e. The summed E-state index contributed by atoms with van der Waals surface area (Å²) in [6.45, 7) is 6.78. The van der Waals surface area contributed by atoms with Crippen molar-refractivity contribution in [2.75, 3.05) is 5.73 Å². The summed E-state index contributed by atoms with van der Waals surface area (Å²) in [5.74, 6) is 2.10. The van der Waals surface area contributed by atoms with E-state index >= 15 is 0 Å². The van der Waals surface area contributed by atoms with Gasteiger partial charge in [-0.2, -0.15) is 0 Å². The minimum absolute atomic E-state index is 0.510. The van der Waals surface area contributed by atoms with Crippen LogP contribution in [0.3, 0.4) is 0 Å². The van der Waals surface area contributed by atoms with Crippen LogP contribution in [0.15, 0.2) is 18.2 Å². The topological polar surface area (TPSA) is 43.8 Å². The maximum absolute atomic E-state index is 6.27. The van der Waals surface area contributed by atoms with E-state index in [1.54, 1.807) is 0 Å². The highest BCUT2D eigenvalue weighted by Crippen LogP contribution is 2.41. The number of anilines is 1. The van der Waals surface area contributed by atoms with Crippen molar-refractivity contribution in [1.29, 1.82) is 0 Å². The van der Waals surface area contributed by atoms with Crippen molar-refractivity contribution in [3.63, 3.8) is 0 Å². The van der Waals surface area contributed by atoms with E-state index in [0.717, 1.165) is 5.52 Å². The molecule has 108 valence electrons. The van der Waals surface area contributed by atoms with E-state index in [0.29, 0.717) is 23.8 Å². The lowest BCUT2D eigenvalue weighted by molar-refractivity contribution is 0.189. The van der Waals surface area contributed by atoms with E-state index in [2.05, 4.69) is 48.5 Å². The molecular formula is C17H25N3. The molecule has 1 fully saturated rings. The lowest BCUT2D eigenvalue weighted by Gasteiger charge is -2.36. The Balaban J connectivity index is 2.13. The van der Waals surface area contributed by atoms with Gasteiger partial charge in [-0.25, -0.2) is 4.98 Å². The summed E-state index contributed by atoms with van der Waals surface area (Å²) in [6, 6.07) is 6.90. The number of hydrogen-bond acceptors (Lipinski definition) is 2. The Morgan fingerprint density at radius 2 is 2.00 bits per heavy atom. The molecule has 1 aromatic carbocycles. The minimum atomic E-state index is 0.510. The van der Waals surface area contributed by atoms with Gasteiger partial charge in [0.05, 0.1) is 11.0 Å². The third-order valence-electron chi connectivity index (χ3n) is 4.92. The molecule has 0 spiro atoms. The largest absolute Gasteiger partial charge is 0.369 e. The van der Waals surface area contributed by atoms with E-state index in [1.807, 2.05) is 0 Å². The van der Waals surface area contributed by atoms with E-state index in [-0.39, 0.29) is 0 Å². The van der Waals surface area contributed by atoms with E-state index in [4.69, 9.17) is 5.73 Å². The number of hydrogen-bond donors (Lipinski definition) is 1. The molecule has 1 aromatic heterocycles. The molecule has 0 radical (unpaired) electrons. The van der Waals surface area contributed by atoms with Crippen LogP contribution in [0.4, 0.5) is 5.95 Å². The van der Waals surface area contributed by atoms with Gasteiger partial charge >= 0.3 is 0 Å². The Morgan fingerprint density at radius 1 is 1.25 bits per heavy atom. The Morgan fingerprint density at radius 3 is 2.75 bits per heavy atom. The fourth-order valence-electron chi connectivity index (χ4n) is 3.86. The Kier molecular flexibility index (Phi) is 3.45. The fraction of sp³-hybridized carbons (Fsp3) is 0.588. The molecule has 0 saturated heterocycles. The molecule has 2 N–H and O–H groups in total. The number of aromatic nitrogens is 2. The van der Waals surface area contributed by atoms with Crippen LogP contribution >= 0.6 is 0 Å². The molecule has 20 heavy (non-hydrogen) atoms. The summed E-state index contributed by atoms with van der Waals surface area (Å²) in [7, 11) is 0. The van der Waals surface area contributed by atoms with Gasteiger partial charge in [0.2, 0.25) is 5.95 Å². The van der Waals surface area contributed by atoms with Gasteiger partial charge in [0.25, 0.3) is 0 Å². The molecule has 1 saturated carbocycles. The zero-order chi connectivity index (χ0) is 14.3. The average molecular weight is 271 g/mol. The number of benzene rings is 1. The standard InChI is InChI=1S/C17H25N3/c1-11(2)13-8-4-5-9-14(13)20-15-10-6-7-12(3)16(15)19-17(20)18/h6-7,10-11,13-14H,4-5,8-9H2,1-3H3,(H2,18,19). The van der Waals surface area contributed by atoms with Crippen LogP contribution in [-0.4, -0.2) is 9.55 Å². The lowest BCUT2D eigenvalue weighted by Crippen LogP contribution is -2.27. The van der Waals surface area contributed by atoms with Gasteiger partial charge in [0, 0.05) is 6.04 Å². The summed E-state index contributed by atoms with van der Waals surface area (Å²) in [5, 5.41) is 0. The van der Waals surface area contributed by atoms with Crippen LogP contribution in [0.25, 0.3) is 11.0 Å². The highest BCUT2D eigenvalue weighted by atomic mass is 15.2. The van der Waals surface area contributed by atoms with Gasteiger partial charge in [-0.05, 0) is 43.2 Å². The first kappa shape index (κ1) is 13.5. The van der Waals surface area contributed by atoms with Crippen LogP contribution in [0.2, 0.25) is 0 Å². The van der Waals surface area contributed by atoms with Crippen LogP contribution < -0.4 is 5.73 Å². The fourth-order valence-corrected chi connectivity index (χ4v) is 3.86. The normalized spacial score (nSPS) is 23.6. The Hall–Kier alpha value is -1.51. The molecule has 3 heteroatoms. The molecule has 0 aliphatic heterocycles. The van der Waals surface area contributed by atoms with Crippen LogP contribution in [0, 0.1) is 18.8 Å². The first-order chi connectivity index (χ1) is 9.59. The molecule has 2 unspecified atom stereocenters. The monoisotopic (exact) mass is 271 g/mol. The van der Waals surface area contributed by atoms with Crippen molar-refractivity contribution in [1.82, 2.24) is 9.55 Å². The van der Waals surface area contributed by atoms with Crippen molar-refractivity contribution in [2.45, 2.75) is 52.5 Å². The molecule has 3 rings (SSSR count). The van der Waals surface area contributed by atoms with Gasteiger partial charge in [-0.1, -0.05) is 38.8 Å². The zero-order valence-corrected chi connectivity index (χ0v) is 12.8. The van der Waals surface area contributed by atoms with Crippen molar-refractivity contribution < 1.29 is 0 Å². The van der Waals surface area contributed by atoms with Gasteiger partial charge in [0.15, 0.2) is 0 Å². The SMILES string of the molecule is Cc1cccc2c1nc(N)n2C1CCCCC1C(C)C. The summed E-state index contributed by atoms with van der Waals surface area (Å²) >= 11 is 0. The minimum Gasteiger partial charge on any atom is -0.369 e. The third-order valence-corrected chi connectivity index (χ3v) is 4.92. The number of fused-ring (bicyclic) bond motifs is 1. The van der Waals surface area contributed by atoms with Gasteiger partial charge in [0.1, 0.15) is 0 Å². The highest BCUT2D eigenvalue weighted by Gasteiger charge is 2.31. The second kappa shape index (κ2) is 5.12. The van der Waals surface area contributed by atoms with Crippen molar-refractivity contribution in [3.8, 4) is 0 Å². The number of imidazole rings is 1. The number of para-hydroxylation sites is 1. The molecule has 1 aliphatic rings. The summed E-state index contributed by atoms with van der Waals surface area (Å²) in [6.07, 6.45) is 5.20. The number of aryl methyl sites for hydroxylation is 1. The zero-order valence-electron chi connectivity index (χ0n) is 12.8. The van der Waals surface area contributed by atoms with Crippen molar-refractivity contribution in [3.05, 3.63) is 23.8 Å². The van der Waals surface area contributed by atoms with E-state index in [1.165, 1.54) is 36.8 Å².